The minimum atomic E-state index is -3.66. The molecule has 9 heteroatoms. The predicted molar refractivity (Wildman–Crippen MR) is 113 cm³/mol. The summed E-state index contributed by atoms with van der Waals surface area (Å²) >= 11 is 2.75. The van der Waals surface area contributed by atoms with Gasteiger partial charge in [0.05, 0.1) is 24.8 Å². The van der Waals surface area contributed by atoms with Crippen LogP contribution in [0, 0.1) is 0 Å². The zero-order valence-electron chi connectivity index (χ0n) is 16.1. The molecule has 0 saturated heterocycles. The Kier molecular flexibility index (Phi) is 6.39. The third-order valence-corrected chi connectivity index (χ3v) is 8.39. The molecular weight excluding hydrogens is 416 g/mol. The first-order valence-electron chi connectivity index (χ1n) is 8.66. The monoisotopic (exact) mass is 438 g/mol. The van der Waals surface area contributed by atoms with Crippen LogP contribution in [0.5, 0.6) is 11.5 Å². The van der Waals surface area contributed by atoms with Gasteiger partial charge in [0.15, 0.2) is 11.5 Å². The van der Waals surface area contributed by atoms with E-state index in [0.29, 0.717) is 11.5 Å². The topological polar surface area (TPSA) is 77.5 Å². The summed E-state index contributed by atoms with van der Waals surface area (Å²) in [6.07, 6.45) is 0.859. The van der Waals surface area contributed by atoms with Gasteiger partial charge in [-0.15, -0.1) is 22.7 Å². The lowest BCUT2D eigenvalue weighted by Gasteiger charge is -2.16. The molecule has 3 rings (SSSR count). The van der Waals surface area contributed by atoms with Gasteiger partial charge in [-0.1, -0.05) is 13.0 Å². The van der Waals surface area contributed by atoms with Crippen LogP contribution in [0.2, 0.25) is 0 Å². The molecule has 0 bridgehead atoms. The van der Waals surface area contributed by atoms with Crippen molar-refractivity contribution < 1.29 is 17.9 Å². The van der Waals surface area contributed by atoms with Gasteiger partial charge in [0.1, 0.15) is 9.22 Å². The lowest BCUT2D eigenvalue weighted by Crippen LogP contribution is -2.26. The van der Waals surface area contributed by atoms with E-state index in [1.807, 2.05) is 18.4 Å². The van der Waals surface area contributed by atoms with Crippen LogP contribution in [-0.4, -0.2) is 27.6 Å². The molecule has 3 aromatic rings. The molecule has 2 heterocycles. The Balaban J connectivity index is 1.80. The molecule has 0 spiro atoms. The molecule has 150 valence electrons. The number of nitrogens with zero attached hydrogens (tertiary/aromatic N) is 1. The average Bonchev–Trinajstić information content (AvgIpc) is 3.36. The lowest BCUT2D eigenvalue weighted by atomic mass is 10.1. The Morgan fingerprint density at radius 2 is 1.89 bits per heavy atom. The fourth-order valence-corrected chi connectivity index (χ4v) is 6.17. The minimum Gasteiger partial charge on any atom is -0.493 e. The molecule has 0 aliphatic heterocycles. The second kappa shape index (κ2) is 8.60. The van der Waals surface area contributed by atoms with Crippen molar-refractivity contribution in [1.29, 1.82) is 0 Å². The highest BCUT2D eigenvalue weighted by Crippen LogP contribution is 2.34. The Hall–Kier alpha value is -1.94. The number of hydrogen-bond acceptors (Lipinski definition) is 7. The first-order chi connectivity index (χ1) is 13.4. The second-order valence-electron chi connectivity index (χ2n) is 6.07. The van der Waals surface area contributed by atoms with Crippen molar-refractivity contribution >= 4 is 32.7 Å². The quantitative estimate of drug-likeness (QED) is 0.561. The fraction of sp³-hybridized carbons (Fsp3) is 0.316. The minimum absolute atomic E-state index is 0.267. The van der Waals surface area contributed by atoms with Crippen molar-refractivity contribution in [1.82, 2.24) is 9.71 Å². The predicted octanol–water partition coefficient (Wildman–Crippen LogP) is 4.49. The number of ether oxygens (including phenoxy) is 2. The number of nitrogens with one attached hydrogen (secondary N) is 1. The van der Waals surface area contributed by atoms with E-state index in [2.05, 4.69) is 9.71 Å². The third kappa shape index (κ3) is 4.38. The summed E-state index contributed by atoms with van der Waals surface area (Å²) in [6.45, 7) is 3.84. The van der Waals surface area contributed by atoms with E-state index < -0.39 is 16.1 Å². The molecule has 0 radical (unpaired) electrons. The van der Waals surface area contributed by atoms with Crippen LogP contribution < -0.4 is 14.2 Å². The van der Waals surface area contributed by atoms with Crippen LogP contribution >= 0.6 is 22.7 Å². The molecule has 0 aliphatic carbocycles. The Bertz CT molecular complexity index is 1060. The number of rotatable bonds is 8. The van der Waals surface area contributed by atoms with E-state index in [9.17, 15) is 8.42 Å². The van der Waals surface area contributed by atoms with Gasteiger partial charge in [-0.25, -0.2) is 18.1 Å². The van der Waals surface area contributed by atoms with Crippen molar-refractivity contribution in [2.24, 2.45) is 0 Å². The van der Waals surface area contributed by atoms with E-state index >= 15 is 0 Å². The van der Waals surface area contributed by atoms with E-state index in [1.165, 1.54) is 22.7 Å². The van der Waals surface area contributed by atoms with Crippen LogP contribution in [0.1, 0.15) is 31.1 Å². The van der Waals surface area contributed by atoms with Gasteiger partial charge in [0, 0.05) is 11.4 Å². The third-order valence-electron chi connectivity index (χ3n) is 4.21. The molecule has 6 nitrogen and oxygen atoms in total. The van der Waals surface area contributed by atoms with E-state index in [0.717, 1.165) is 27.6 Å². The number of aryl methyl sites for hydroxylation is 1. The molecule has 1 N–H and O–H groups in total. The van der Waals surface area contributed by atoms with Gasteiger partial charge in [-0.05, 0) is 43.2 Å². The largest absolute Gasteiger partial charge is 0.493 e. The number of thiophene rings is 1. The van der Waals surface area contributed by atoms with E-state index in [-0.39, 0.29) is 4.21 Å². The maximum Gasteiger partial charge on any atom is 0.250 e. The molecule has 1 atom stereocenters. The first-order valence-corrected chi connectivity index (χ1v) is 11.8. The SMILES string of the molecule is CCc1csc(-c2ccc(S(=O)(=O)N[C@H](C)c3ccc(OC)c(OC)c3)s2)n1. The van der Waals surface area contributed by atoms with Gasteiger partial charge in [-0.2, -0.15) is 0 Å². The number of aromatic nitrogens is 1. The second-order valence-corrected chi connectivity index (χ2v) is 9.96. The number of benzene rings is 1. The fourth-order valence-electron chi connectivity index (χ4n) is 2.64. The van der Waals surface area contributed by atoms with E-state index in [1.54, 1.807) is 45.4 Å². The molecule has 0 aliphatic rings. The highest BCUT2D eigenvalue weighted by Gasteiger charge is 2.22. The molecule has 2 aromatic heterocycles. The van der Waals surface area contributed by atoms with Crippen LogP contribution in [0.15, 0.2) is 39.9 Å². The zero-order valence-corrected chi connectivity index (χ0v) is 18.5. The zero-order chi connectivity index (χ0) is 20.3. The number of hydrogen-bond donors (Lipinski definition) is 1. The molecule has 0 saturated carbocycles. The van der Waals surface area contributed by atoms with Gasteiger partial charge in [0.2, 0.25) is 0 Å². The van der Waals surface area contributed by atoms with Crippen LogP contribution in [0.25, 0.3) is 9.88 Å². The maximum absolute atomic E-state index is 12.8. The van der Waals surface area contributed by atoms with Gasteiger partial charge >= 0.3 is 0 Å². The molecular formula is C19H22N2O4S3. The van der Waals surface area contributed by atoms with Gasteiger partial charge < -0.3 is 9.47 Å². The standard InChI is InChI=1S/C19H22N2O4S3/c1-5-14-11-26-19(20-14)17-8-9-18(27-17)28(22,23)21-12(2)13-6-7-15(24-3)16(10-13)25-4/h6-12,21H,5H2,1-4H3/t12-/m1/s1. The Labute approximate surface area is 173 Å². The van der Waals surface area contributed by atoms with Crippen LogP contribution in [0.4, 0.5) is 0 Å². The highest BCUT2D eigenvalue weighted by atomic mass is 32.2. The summed E-state index contributed by atoms with van der Waals surface area (Å²) in [5, 5.41) is 2.84. The maximum atomic E-state index is 12.8. The lowest BCUT2D eigenvalue weighted by molar-refractivity contribution is 0.354. The van der Waals surface area contributed by atoms with Crippen molar-refractivity contribution in [2.45, 2.75) is 30.5 Å². The molecule has 0 unspecified atom stereocenters. The van der Waals surface area contributed by atoms with Crippen molar-refractivity contribution in [3.63, 3.8) is 0 Å². The van der Waals surface area contributed by atoms with E-state index in [4.69, 9.17) is 9.47 Å². The average molecular weight is 439 g/mol. The van der Waals surface area contributed by atoms with Crippen molar-refractivity contribution in [2.75, 3.05) is 14.2 Å². The summed E-state index contributed by atoms with van der Waals surface area (Å²) in [7, 11) is -0.548. The molecule has 0 amide bonds. The first kappa shape index (κ1) is 20.8. The van der Waals surface area contributed by atoms with Crippen LogP contribution in [-0.2, 0) is 16.4 Å². The van der Waals surface area contributed by atoms with Gasteiger partial charge in [0.25, 0.3) is 10.0 Å². The smallest absolute Gasteiger partial charge is 0.250 e. The normalized spacial score (nSPS) is 12.7. The van der Waals surface area contributed by atoms with Crippen LogP contribution in [0.3, 0.4) is 0 Å². The number of methoxy groups -OCH3 is 2. The summed E-state index contributed by atoms with van der Waals surface area (Å²) < 4.78 is 39.2. The highest BCUT2D eigenvalue weighted by molar-refractivity contribution is 7.91. The summed E-state index contributed by atoms with van der Waals surface area (Å²) in [4.78, 5) is 5.38. The molecule has 28 heavy (non-hydrogen) atoms. The molecule has 1 aromatic carbocycles. The summed E-state index contributed by atoms with van der Waals surface area (Å²) in [5.41, 5.74) is 1.79. The Morgan fingerprint density at radius 1 is 1.14 bits per heavy atom. The van der Waals surface area contributed by atoms with Gasteiger partial charge in [-0.3, -0.25) is 0 Å². The summed E-state index contributed by atoms with van der Waals surface area (Å²) in [5.74, 6) is 1.15. The van der Waals surface area contributed by atoms with Crippen molar-refractivity contribution in [3.8, 4) is 21.4 Å². The number of thiazole rings is 1. The Morgan fingerprint density at radius 3 is 2.54 bits per heavy atom. The van der Waals surface area contributed by atoms with Crippen molar-refractivity contribution in [3.05, 3.63) is 47.0 Å². The summed E-state index contributed by atoms with van der Waals surface area (Å²) in [6, 6.07) is 8.34. The number of sulfonamides is 1. The molecule has 0 fully saturated rings.